The summed E-state index contributed by atoms with van der Waals surface area (Å²) in [6.07, 6.45) is 7.98. The zero-order chi connectivity index (χ0) is 17.1. The second kappa shape index (κ2) is 14.0. The molecule has 0 saturated carbocycles. The van der Waals surface area contributed by atoms with Gasteiger partial charge in [0.25, 0.3) is 10.1 Å². The number of nitrogens with one attached hydrogen (secondary N) is 1. The van der Waals surface area contributed by atoms with E-state index >= 15 is 0 Å². The standard InChI is InChI=1S/C15H31NO4S2.Na.H/c1-4-5-6-7-8-9-11-21-12-10-14(17)16-15(2,3)13-22(18,19)20;;/h4-13H2,1-3H3,(H,16,17)(H,18,19,20);;/q;+1;-1. The average molecular weight is 378 g/mol. The summed E-state index contributed by atoms with van der Waals surface area (Å²) >= 11 is 1.76. The Morgan fingerprint density at radius 3 is 2.26 bits per heavy atom. The molecular formula is C15H32NNaO4S2. The van der Waals surface area contributed by atoms with E-state index in [4.69, 9.17) is 4.55 Å². The van der Waals surface area contributed by atoms with E-state index in [2.05, 4.69) is 12.2 Å². The molecule has 0 aliphatic rings. The number of hydrogen-bond donors (Lipinski definition) is 2. The van der Waals surface area contributed by atoms with Crippen molar-refractivity contribution < 1.29 is 48.7 Å². The maximum Gasteiger partial charge on any atom is 1.00 e. The van der Waals surface area contributed by atoms with E-state index in [1.165, 1.54) is 38.5 Å². The number of carbonyl (C=O) groups is 1. The van der Waals surface area contributed by atoms with Gasteiger partial charge >= 0.3 is 29.6 Å². The molecule has 0 bridgehead atoms. The predicted molar refractivity (Wildman–Crippen MR) is 95.1 cm³/mol. The van der Waals surface area contributed by atoms with Gasteiger partial charge in [-0.15, -0.1) is 0 Å². The topological polar surface area (TPSA) is 83.5 Å². The van der Waals surface area contributed by atoms with Gasteiger partial charge < -0.3 is 6.74 Å². The first kappa shape index (κ1) is 26.0. The van der Waals surface area contributed by atoms with Gasteiger partial charge in [-0.3, -0.25) is 9.35 Å². The van der Waals surface area contributed by atoms with Gasteiger partial charge in [-0.1, -0.05) is 39.0 Å². The van der Waals surface area contributed by atoms with Crippen molar-refractivity contribution in [3.63, 3.8) is 0 Å². The summed E-state index contributed by atoms with van der Waals surface area (Å²) in [4.78, 5) is 11.8. The van der Waals surface area contributed by atoms with Gasteiger partial charge in [0.1, 0.15) is 0 Å². The van der Waals surface area contributed by atoms with Crippen molar-refractivity contribution in [2.24, 2.45) is 0 Å². The van der Waals surface area contributed by atoms with Gasteiger partial charge in [0, 0.05) is 12.2 Å². The molecule has 5 nitrogen and oxygen atoms in total. The largest absolute Gasteiger partial charge is 1.00 e. The number of carbonyl (C=O) groups excluding carboxylic acids is 1. The van der Waals surface area contributed by atoms with Crippen molar-refractivity contribution in [1.82, 2.24) is 5.32 Å². The maximum absolute atomic E-state index is 11.8. The Balaban J connectivity index is -0.00000220. The summed E-state index contributed by atoms with van der Waals surface area (Å²) in [5.41, 5.74) is -0.950. The molecule has 0 radical (unpaired) electrons. The molecule has 0 saturated heterocycles. The fourth-order valence-electron chi connectivity index (χ4n) is 2.18. The molecule has 2 N–H and O–H groups in total. The molecule has 0 rings (SSSR count). The SMILES string of the molecule is CCCCCCCCSCCC(=O)NC(C)(C)CS(=O)(=O)O.[H-].[Na+]. The number of unbranched alkanes of at least 4 members (excludes halogenated alkanes) is 5. The van der Waals surface area contributed by atoms with Crippen LogP contribution in [0, 0.1) is 0 Å². The normalized spacial score (nSPS) is 11.8. The van der Waals surface area contributed by atoms with Crippen LogP contribution in [-0.2, 0) is 14.9 Å². The first-order chi connectivity index (χ1) is 10.2. The van der Waals surface area contributed by atoms with Gasteiger partial charge in [-0.2, -0.15) is 20.2 Å². The summed E-state index contributed by atoms with van der Waals surface area (Å²) in [7, 11) is -4.09. The molecule has 0 unspecified atom stereocenters. The van der Waals surface area contributed by atoms with Crippen LogP contribution in [0.25, 0.3) is 0 Å². The summed E-state index contributed by atoms with van der Waals surface area (Å²) in [6, 6.07) is 0. The molecule has 8 heteroatoms. The van der Waals surface area contributed by atoms with E-state index in [9.17, 15) is 13.2 Å². The quantitative estimate of drug-likeness (QED) is 0.275. The predicted octanol–water partition coefficient (Wildman–Crippen LogP) is 0.369. The molecule has 0 aromatic carbocycles. The molecule has 0 aliphatic carbocycles. The van der Waals surface area contributed by atoms with Gasteiger partial charge in [0.05, 0.1) is 11.3 Å². The maximum atomic E-state index is 11.8. The van der Waals surface area contributed by atoms with Crippen LogP contribution in [0.2, 0.25) is 0 Å². The zero-order valence-corrected chi connectivity index (χ0v) is 18.7. The van der Waals surface area contributed by atoms with Crippen LogP contribution in [0.5, 0.6) is 0 Å². The molecule has 1 amide bonds. The Labute approximate surface area is 169 Å². The number of rotatable bonds is 13. The molecule has 0 aliphatic heterocycles. The minimum absolute atomic E-state index is 0. The van der Waals surface area contributed by atoms with Crippen molar-refractivity contribution >= 4 is 27.8 Å². The average Bonchev–Trinajstić information content (AvgIpc) is 2.33. The Kier molecular flexibility index (Phi) is 15.8. The van der Waals surface area contributed by atoms with Crippen molar-refractivity contribution in [2.45, 2.75) is 71.3 Å². The number of amides is 1. The van der Waals surface area contributed by atoms with Crippen molar-refractivity contribution in [3.8, 4) is 0 Å². The van der Waals surface area contributed by atoms with Crippen LogP contribution in [0.1, 0.15) is 67.1 Å². The van der Waals surface area contributed by atoms with Crippen LogP contribution in [0.3, 0.4) is 0 Å². The monoisotopic (exact) mass is 377 g/mol. The first-order valence-electron chi connectivity index (χ1n) is 8.00. The third kappa shape index (κ3) is 18.9. The zero-order valence-electron chi connectivity index (χ0n) is 16.1. The first-order valence-corrected chi connectivity index (χ1v) is 10.8. The van der Waals surface area contributed by atoms with Crippen molar-refractivity contribution in [1.29, 1.82) is 0 Å². The number of hydrogen-bond acceptors (Lipinski definition) is 4. The molecule has 0 aromatic heterocycles. The molecule has 0 aromatic rings. The number of thioether (sulfide) groups is 1. The van der Waals surface area contributed by atoms with Crippen LogP contribution in [0.15, 0.2) is 0 Å². The minimum atomic E-state index is -4.09. The van der Waals surface area contributed by atoms with Crippen LogP contribution in [-0.4, -0.2) is 41.7 Å². The summed E-state index contributed by atoms with van der Waals surface area (Å²) in [6.45, 7) is 5.38. The van der Waals surface area contributed by atoms with Gasteiger partial charge in [0.15, 0.2) is 0 Å². The van der Waals surface area contributed by atoms with E-state index in [-0.39, 0.29) is 36.9 Å². The fourth-order valence-corrected chi connectivity index (χ4v) is 4.11. The van der Waals surface area contributed by atoms with Crippen LogP contribution >= 0.6 is 11.8 Å². The van der Waals surface area contributed by atoms with E-state index in [1.54, 1.807) is 25.6 Å². The minimum Gasteiger partial charge on any atom is -1.00 e. The van der Waals surface area contributed by atoms with Crippen LogP contribution in [0.4, 0.5) is 0 Å². The van der Waals surface area contributed by atoms with Gasteiger partial charge in [0.2, 0.25) is 5.91 Å². The van der Waals surface area contributed by atoms with E-state index in [0.717, 1.165) is 11.5 Å². The third-order valence-electron chi connectivity index (χ3n) is 3.14. The van der Waals surface area contributed by atoms with E-state index in [1.807, 2.05) is 0 Å². The second-order valence-corrected chi connectivity index (χ2v) is 8.97. The molecule has 134 valence electrons. The molecule has 0 spiro atoms. The summed E-state index contributed by atoms with van der Waals surface area (Å²) in [5, 5.41) is 2.65. The molecule has 0 atom stereocenters. The summed E-state index contributed by atoms with van der Waals surface area (Å²) in [5.74, 6) is 1.15. The van der Waals surface area contributed by atoms with E-state index < -0.39 is 21.4 Å². The Hall–Kier alpha value is 0.730. The Morgan fingerprint density at radius 2 is 1.70 bits per heavy atom. The fraction of sp³-hybridized carbons (Fsp3) is 0.933. The van der Waals surface area contributed by atoms with Gasteiger partial charge in [-0.25, -0.2) is 0 Å². The second-order valence-electron chi connectivity index (χ2n) is 6.29. The van der Waals surface area contributed by atoms with Crippen molar-refractivity contribution in [3.05, 3.63) is 0 Å². The molecule has 0 heterocycles. The summed E-state index contributed by atoms with van der Waals surface area (Å²) < 4.78 is 30.5. The molecular weight excluding hydrogens is 345 g/mol. The third-order valence-corrected chi connectivity index (χ3v) is 5.29. The van der Waals surface area contributed by atoms with E-state index in [0.29, 0.717) is 6.42 Å². The molecule has 23 heavy (non-hydrogen) atoms. The van der Waals surface area contributed by atoms with Crippen LogP contribution < -0.4 is 34.9 Å². The van der Waals surface area contributed by atoms with Crippen molar-refractivity contribution in [2.75, 3.05) is 17.3 Å². The molecule has 0 fully saturated rings. The Bertz CT molecular complexity index is 420. The smallest absolute Gasteiger partial charge is 1.00 e. The Morgan fingerprint density at radius 1 is 1.13 bits per heavy atom. The van der Waals surface area contributed by atoms with Gasteiger partial charge in [-0.05, 0) is 26.0 Å².